The molecule has 3 rings (SSSR count). The molecule has 0 saturated carbocycles. The Morgan fingerprint density at radius 1 is 1.19 bits per heavy atom. The third kappa shape index (κ3) is 6.80. The smallest absolute Gasteiger partial charge is 0.337 e. The zero-order valence-corrected chi connectivity index (χ0v) is 22.3. The monoisotopic (exact) mass is 531 g/mol. The number of carbonyl (C=O) groups excluding carboxylic acids is 2. The van der Waals surface area contributed by atoms with Crippen molar-refractivity contribution in [3.8, 4) is 0 Å². The van der Waals surface area contributed by atoms with Crippen molar-refractivity contribution in [3.05, 3.63) is 46.4 Å². The number of carbonyl (C=O) groups is 2. The molecule has 1 atom stereocenters. The fourth-order valence-corrected chi connectivity index (χ4v) is 4.91. The Balaban J connectivity index is 1.97. The van der Waals surface area contributed by atoms with Crippen LogP contribution < -0.4 is 16.7 Å². The maximum Gasteiger partial charge on any atom is 0.337 e. The molecule has 0 saturated heterocycles. The van der Waals surface area contributed by atoms with Crippen molar-refractivity contribution < 1.29 is 18.5 Å². The number of hydrogen-bond donors (Lipinski definition) is 3. The Morgan fingerprint density at radius 3 is 2.49 bits per heavy atom. The minimum atomic E-state index is -3.34. The van der Waals surface area contributed by atoms with E-state index in [0.29, 0.717) is 6.42 Å². The molecule has 0 fully saturated rings. The number of ether oxygens (including phenoxy) is 1. The number of anilines is 1. The molecule has 0 aliphatic heterocycles. The van der Waals surface area contributed by atoms with Crippen molar-refractivity contribution in [2.24, 2.45) is 0 Å². The number of aromatic nitrogens is 4. The van der Waals surface area contributed by atoms with E-state index in [4.69, 9.17) is 15.3 Å². The Labute approximate surface area is 215 Å². The number of esters is 1. The second-order valence-corrected chi connectivity index (χ2v) is 11.7. The highest BCUT2D eigenvalue weighted by molar-refractivity contribution is 7.92. The fraction of sp³-hybridized carbons (Fsp3) is 0.458. The van der Waals surface area contributed by atoms with Crippen LogP contribution in [0.3, 0.4) is 0 Å². The van der Waals surface area contributed by atoms with Gasteiger partial charge < -0.3 is 15.8 Å². The van der Waals surface area contributed by atoms with Gasteiger partial charge in [0.2, 0.25) is 11.1 Å². The molecule has 3 aromatic rings. The first-order chi connectivity index (χ1) is 17.3. The summed E-state index contributed by atoms with van der Waals surface area (Å²) in [5, 5.41) is 2.57. The Kier molecular flexibility index (Phi) is 8.49. The van der Waals surface area contributed by atoms with Gasteiger partial charge in [0.15, 0.2) is 11.5 Å². The second kappa shape index (κ2) is 11.2. The highest BCUT2D eigenvalue weighted by Gasteiger charge is 2.26. The first-order valence-corrected chi connectivity index (χ1v) is 13.6. The van der Waals surface area contributed by atoms with E-state index in [-0.39, 0.29) is 53.9 Å². The average Bonchev–Trinajstić information content (AvgIpc) is 3.08. The first kappa shape index (κ1) is 28.0. The molecule has 37 heavy (non-hydrogen) atoms. The van der Waals surface area contributed by atoms with Crippen LogP contribution in [0.4, 0.5) is 5.82 Å². The summed E-state index contributed by atoms with van der Waals surface area (Å²) in [5.41, 5.74) is 5.62. The van der Waals surface area contributed by atoms with Gasteiger partial charge in [-0.15, -0.1) is 0 Å². The number of nitrogens with one attached hydrogen (secondary N) is 2. The quantitative estimate of drug-likeness (QED) is 0.201. The first-order valence-electron chi connectivity index (χ1n) is 11.9. The number of nitrogen functional groups attached to an aromatic ring is 1. The van der Waals surface area contributed by atoms with Crippen LogP contribution in [0.25, 0.3) is 11.2 Å². The van der Waals surface area contributed by atoms with Crippen LogP contribution in [-0.4, -0.2) is 59.6 Å². The van der Waals surface area contributed by atoms with Crippen LogP contribution in [0.2, 0.25) is 0 Å². The number of nitrogens with two attached hydrogens (primary N) is 1. The molecule has 0 radical (unpaired) electrons. The molecule has 0 aliphatic carbocycles. The molecular weight excluding hydrogens is 498 g/mol. The third-order valence-electron chi connectivity index (χ3n) is 5.20. The zero-order chi connectivity index (χ0) is 27.4. The van der Waals surface area contributed by atoms with Gasteiger partial charge in [-0.05, 0) is 32.8 Å². The van der Waals surface area contributed by atoms with Crippen LogP contribution >= 0.6 is 0 Å². The molecule has 1 unspecified atom stereocenters. The average molecular weight is 532 g/mol. The van der Waals surface area contributed by atoms with Gasteiger partial charge in [-0.2, -0.15) is 4.98 Å². The zero-order valence-electron chi connectivity index (χ0n) is 21.4. The van der Waals surface area contributed by atoms with Crippen molar-refractivity contribution in [2.75, 3.05) is 24.6 Å². The summed E-state index contributed by atoms with van der Waals surface area (Å²) in [4.78, 5) is 46.8. The lowest BCUT2D eigenvalue weighted by Crippen LogP contribution is -2.36. The molecule has 4 N–H and O–H groups in total. The molecule has 2 heterocycles. The summed E-state index contributed by atoms with van der Waals surface area (Å²) in [6, 6.07) is 9.08. The number of nitrogens with zero attached hydrogens (tertiary/aromatic N) is 4. The summed E-state index contributed by atoms with van der Waals surface area (Å²) in [5.74, 6) is -1.24. The van der Waals surface area contributed by atoms with Gasteiger partial charge in [0.25, 0.3) is 0 Å². The lowest BCUT2D eigenvalue weighted by atomic mass is 10.2. The SMILES string of the molecule is CCCS(=N)(=O)c1nc(N)c2c(n1)n(Cc1ccccc1)c(=O)n2C(=O)CNCCC(=O)OC(C)(C)C. The molecule has 0 amide bonds. The minimum absolute atomic E-state index is 0.0182. The number of fused-ring (bicyclic) bond motifs is 1. The predicted octanol–water partition coefficient (Wildman–Crippen LogP) is 2.00. The lowest BCUT2D eigenvalue weighted by molar-refractivity contribution is -0.154. The van der Waals surface area contributed by atoms with Crippen molar-refractivity contribution in [2.45, 2.75) is 57.8 Å². The topological polar surface area (TPSA) is 175 Å². The Bertz CT molecular complexity index is 1450. The molecule has 200 valence electrons. The van der Waals surface area contributed by atoms with E-state index in [0.717, 1.165) is 10.1 Å². The Morgan fingerprint density at radius 2 is 1.86 bits per heavy atom. The summed E-state index contributed by atoms with van der Waals surface area (Å²) in [7, 11) is -3.34. The summed E-state index contributed by atoms with van der Waals surface area (Å²) in [6.07, 6.45) is 0.508. The van der Waals surface area contributed by atoms with Gasteiger partial charge in [0.05, 0.1) is 19.5 Å². The number of rotatable bonds is 10. The van der Waals surface area contributed by atoms with Gasteiger partial charge in [-0.25, -0.2) is 23.3 Å². The molecule has 13 heteroatoms. The molecule has 0 aliphatic rings. The summed E-state index contributed by atoms with van der Waals surface area (Å²) in [6.45, 7) is 7.04. The van der Waals surface area contributed by atoms with Gasteiger partial charge in [-0.1, -0.05) is 37.3 Å². The second-order valence-electron chi connectivity index (χ2n) is 9.54. The van der Waals surface area contributed by atoms with E-state index >= 15 is 0 Å². The van der Waals surface area contributed by atoms with E-state index in [1.165, 1.54) is 4.57 Å². The van der Waals surface area contributed by atoms with Gasteiger partial charge >= 0.3 is 11.7 Å². The molecule has 0 bridgehead atoms. The highest BCUT2D eigenvalue weighted by Crippen LogP contribution is 2.21. The fourth-order valence-electron chi connectivity index (χ4n) is 3.67. The molecule has 12 nitrogen and oxygen atoms in total. The van der Waals surface area contributed by atoms with E-state index in [2.05, 4.69) is 15.3 Å². The largest absolute Gasteiger partial charge is 0.460 e. The third-order valence-corrected chi connectivity index (χ3v) is 6.95. The van der Waals surface area contributed by atoms with E-state index in [1.54, 1.807) is 27.7 Å². The number of hydrogen-bond acceptors (Lipinski definition) is 10. The Hall–Kier alpha value is -3.58. The maximum absolute atomic E-state index is 13.4. The number of benzene rings is 1. The highest BCUT2D eigenvalue weighted by atomic mass is 32.2. The molecule has 1 aromatic carbocycles. The van der Waals surface area contributed by atoms with E-state index in [9.17, 15) is 18.6 Å². The standard InChI is InChI=1S/C24H33N7O5S/c1-5-13-37(26,35)22-28-20(25)19-21(29-22)30(15-16-9-7-6-8-10-16)23(34)31(19)17(32)14-27-12-11-18(33)36-24(2,3)4/h6-10,26-27H,5,11-15H2,1-4H3,(H2,25,28,29). The maximum atomic E-state index is 13.4. The van der Waals surface area contributed by atoms with Crippen LogP contribution in [0.15, 0.2) is 40.3 Å². The van der Waals surface area contributed by atoms with E-state index in [1.807, 2.05) is 30.3 Å². The van der Waals surface area contributed by atoms with Crippen LogP contribution in [0.1, 0.15) is 50.9 Å². The molecular formula is C24H33N7O5S. The number of imidazole rings is 1. The lowest BCUT2D eigenvalue weighted by Gasteiger charge is -2.19. The van der Waals surface area contributed by atoms with Crippen LogP contribution in [0, 0.1) is 4.78 Å². The van der Waals surface area contributed by atoms with E-state index < -0.39 is 32.9 Å². The van der Waals surface area contributed by atoms with Crippen molar-refractivity contribution in [1.29, 1.82) is 4.78 Å². The van der Waals surface area contributed by atoms with Gasteiger partial charge in [0.1, 0.15) is 20.8 Å². The van der Waals surface area contributed by atoms with Crippen molar-refractivity contribution >= 4 is 38.6 Å². The van der Waals surface area contributed by atoms with Gasteiger partial charge in [-0.3, -0.25) is 14.2 Å². The van der Waals surface area contributed by atoms with Crippen molar-refractivity contribution in [1.82, 2.24) is 24.4 Å². The summed E-state index contributed by atoms with van der Waals surface area (Å²) >= 11 is 0. The van der Waals surface area contributed by atoms with Crippen molar-refractivity contribution in [3.63, 3.8) is 0 Å². The molecule has 2 aromatic heterocycles. The summed E-state index contributed by atoms with van der Waals surface area (Å²) < 4.78 is 28.5. The van der Waals surface area contributed by atoms with Crippen LogP contribution in [0.5, 0.6) is 0 Å². The van der Waals surface area contributed by atoms with Gasteiger partial charge in [0, 0.05) is 12.3 Å². The molecule has 0 spiro atoms. The van der Waals surface area contributed by atoms with Crippen LogP contribution in [-0.2, 0) is 25.8 Å². The normalized spacial score (nSPS) is 13.4. The minimum Gasteiger partial charge on any atom is -0.460 e. The predicted molar refractivity (Wildman–Crippen MR) is 140 cm³/mol.